The number of carbonyl (C=O) groups excluding carboxylic acids is 1. The highest BCUT2D eigenvalue weighted by Crippen LogP contribution is 2.64. The van der Waals surface area contributed by atoms with Crippen molar-refractivity contribution in [1.82, 2.24) is 14.3 Å². The molecule has 3 atom stereocenters. The molecule has 3 heterocycles. The second-order valence-electron chi connectivity index (χ2n) is 7.86. The summed E-state index contributed by atoms with van der Waals surface area (Å²) < 4.78 is 29.7. The first kappa shape index (κ1) is 19.3. The van der Waals surface area contributed by atoms with Crippen molar-refractivity contribution < 1.29 is 18.7 Å². The Morgan fingerprint density at radius 3 is 2.77 bits per heavy atom. The number of piperidine rings is 1. The van der Waals surface area contributed by atoms with Crippen molar-refractivity contribution in [3.05, 3.63) is 72.3 Å². The minimum atomic E-state index is -3.00. The number of rotatable bonds is 2. The van der Waals surface area contributed by atoms with Gasteiger partial charge in [0, 0.05) is 24.4 Å². The number of likely N-dealkylation sites (tertiary alicyclic amines) is 1. The summed E-state index contributed by atoms with van der Waals surface area (Å²) in [7, 11) is 1.49. The normalized spacial score (nSPS) is 25.8. The second kappa shape index (κ2) is 6.15. The highest BCUT2D eigenvalue weighted by molar-refractivity contribution is 5.93. The van der Waals surface area contributed by atoms with Crippen LogP contribution in [0, 0.1) is 17.8 Å². The number of likely N-dealkylation sites (N-methyl/N-ethyl adjacent to an activating group) is 1. The van der Waals surface area contributed by atoms with E-state index in [-0.39, 0.29) is 11.5 Å². The second-order valence-corrected chi connectivity index (χ2v) is 7.86. The Labute approximate surface area is 176 Å². The number of nitrogens with zero attached hydrogens (tertiary/aromatic N) is 3. The van der Waals surface area contributed by atoms with E-state index in [1.807, 2.05) is 12.1 Å². The van der Waals surface area contributed by atoms with Crippen LogP contribution in [-0.4, -0.2) is 49.9 Å². The molecular formula is C23H18F2N4O2. The Bertz CT molecular complexity index is 1340. The summed E-state index contributed by atoms with van der Waals surface area (Å²) in [5.74, 6) is 0.595. The Balaban J connectivity index is 1.55. The molecule has 31 heavy (non-hydrogen) atoms. The van der Waals surface area contributed by atoms with Crippen LogP contribution in [-0.2, 0) is 0 Å². The van der Waals surface area contributed by atoms with Gasteiger partial charge in [0.1, 0.15) is 6.04 Å². The molecule has 0 spiro atoms. The molecule has 6 nitrogen and oxygen atoms in total. The predicted octanol–water partition coefficient (Wildman–Crippen LogP) is 2.28. The van der Waals surface area contributed by atoms with Gasteiger partial charge in [0.25, 0.3) is 11.8 Å². The number of hydrogen-bond donors (Lipinski definition) is 2. The van der Waals surface area contributed by atoms with Crippen LogP contribution in [0.4, 0.5) is 8.78 Å². The molecule has 3 aromatic rings. The first-order valence-corrected chi connectivity index (χ1v) is 9.59. The van der Waals surface area contributed by atoms with E-state index in [9.17, 15) is 18.7 Å². The van der Waals surface area contributed by atoms with Crippen LogP contribution >= 0.6 is 0 Å². The van der Waals surface area contributed by atoms with E-state index in [0.717, 1.165) is 0 Å². The molecule has 156 valence electrons. The van der Waals surface area contributed by atoms with Crippen LogP contribution < -0.4 is 5.73 Å². The van der Waals surface area contributed by atoms with E-state index in [1.54, 1.807) is 40.9 Å². The molecule has 1 aliphatic carbocycles. The third-order valence-electron chi connectivity index (χ3n) is 6.05. The fraction of sp³-hybridized carbons (Fsp3) is 0.217. The maximum absolute atomic E-state index is 14.0. The molecule has 8 heteroatoms. The number of pyridine rings is 1. The largest absolute Gasteiger partial charge is 0.371 e. The van der Waals surface area contributed by atoms with Crippen LogP contribution in [0.5, 0.6) is 0 Å². The monoisotopic (exact) mass is 420 g/mol. The molecule has 0 bridgehead atoms. The minimum Gasteiger partial charge on any atom is -0.371 e. The minimum absolute atomic E-state index is 0.101. The highest BCUT2D eigenvalue weighted by atomic mass is 19.3. The fourth-order valence-corrected chi connectivity index (χ4v) is 4.40. The zero-order chi connectivity index (χ0) is 22.1. The van der Waals surface area contributed by atoms with E-state index in [2.05, 4.69) is 23.4 Å². The van der Waals surface area contributed by atoms with E-state index in [0.29, 0.717) is 22.3 Å². The lowest BCUT2D eigenvalue weighted by Crippen LogP contribution is -2.37. The number of amides is 1. The average molecular weight is 420 g/mol. The quantitative estimate of drug-likeness (QED) is 0.623. The van der Waals surface area contributed by atoms with Gasteiger partial charge in [-0.05, 0) is 24.3 Å². The van der Waals surface area contributed by atoms with Crippen LogP contribution in [0.1, 0.15) is 16.2 Å². The van der Waals surface area contributed by atoms with Gasteiger partial charge in [0.05, 0.1) is 22.8 Å². The molecular weight excluding hydrogens is 402 g/mol. The van der Waals surface area contributed by atoms with Crippen molar-refractivity contribution in [2.24, 2.45) is 11.7 Å². The summed E-state index contributed by atoms with van der Waals surface area (Å²) >= 11 is 0. The number of aromatic nitrogens is 2. The SMILES string of the molecule is C=C1N(C)C2C(C1(O)C#Cc1cccc(-c3nc(C(N)=O)n4ccccc34)c1)C2(F)F. The molecule has 0 radical (unpaired) electrons. The molecule has 1 saturated carbocycles. The third kappa shape index (κ3) is 2.60. The smallest absolute Gasteiger partial charge is 0.285 e. The van der Waals surface area contributed by atoms with Gasteiger partial charge in [-0.2, -0.15) is 0 Å². The number of benzene rings is 1. The molecule has 2 aromatic heterocycles. The van der Waals surface area contributed by atoms with Crippen molar-refractivity contribution in [2.75, 3.05) is 7.05 Å². The number of alkyl halides is 2. The summed E-state index contributed by atoms with van der Waals surface area (Å²) in [6.07, 6.45) is 1.69. The van der Waals surface area contributed by atoms with Gasteiger partial charge in [0.2, 0.25) is 5.82 Å². The Morgan fingerprint density at radius 2 is 2.06 bits per heavy atom. The lowest BCUT2D eigenvalue weighted by atomic mass is 9.95. The van der Waals surface area contributed by atoms with Crippen molar-refractivity contribution >= 4 is 11.4 Å². The number of primary amides is 1. The maximum Gasteiger partial charge on any atom is 0.285 e. The van der Waals surface area contributed by atoms with E-state index in [1.165, 1.54) is 11.9 Å². The summed E-state index contributed by atoms with van der Waals surface area (Å²) in [6.45, 7) is 3.75. The summed E-state index contributed by atoms with van der Waals surface area (Å²) in [5, 5.41) is 10.9. The number of nitrogens with two attached hydrogens (primary N) is 1. The molecule has 2 aliphatic rings. The topological polar surface area (TPSA) is 83.9 Å². The van der Waals surface area contributed by atoms with Crippen molar-refractivity contribution in [3.8, 4) is 23.1 Å². The number of fused-ring (bicyclic) bond motifs is 2. The average Bonchev–Trinajstić information content (AvgIpc) is 3.04. The van der Waals surface area contributed by atoms with E-state index in [4.69, 9.17) is 5.73 Å². The lowest BCUT2D eigenvalue weighted by molar-refractivity contribution is 0.00441. The fourth-order valence-electron chi connectivity index (χ4n) is 4.40. The van der Waals surface area contributed by atoms with Crippen LogP contribution in [0.15, 0.2) is 60.9 Å². The maximum atomic E-state index is 14.0. The predicted molar refractivity (Wildman–Crippen MR) is 110 cm³/mol. The number of carbonyl (C=O) groups is 1. The Kier molecular flexibility index (Phi) is 3.83. The number of hydrogen-bond acceptors (Lipinski definition) is 4. The summed E-state index contributed by atoms with van der Waals surface area (Å²) in [4.78, 5) is 17.5. The van der Waals surface area contributed by atoms with Gasteiger partial charge in [0.15, 0.2) is 5.60 Å². The lowest BCUT2D eigenvalue weighted by Gasteiger charge is -2.26. The first-order valence-electron chi connectivity index (χ1n) is 9.59. The van der Waals surface area contributed by atoms with Gasteiger partial charge in [-0.25, -0.2) is 13.8 Å². The molecule has 1 saturated heterocycles. The zero-order valence-corrected chi connectivity index (χ0v) is 16.5. The van der Waals surface area contributed by atoms with Crippen molar-refractivity contribution in [3.63, 3.8) is 0 Å². The van der Waals surface area contributed by atoms with Crippen molar-refractivity contribution in [2.45, 2.75) is 17.6 Å². The van der Waals surface area contributed by atoms with Gasteiger partial charge in [-0.3, -0.25) is 9.20 Å². The van der Waals surface area contributed by atoms with Crippen molar-refractivity contribution in [1.29, 1.82) is 0 Å². The molecule has 1 amide bonds. The summed E-state index contributed by atoms with van der Waals surface area (Å²) in [5.41, 5.74) is 6.04. The van der Waals surface area contributed by atoms with Gasteiger partial charge < -0.3 is 15.7 Å². The van der Waals surface area contributed by atoms with E-state index >= 15 is 0 Å². The van der Waals surface area contributed by atoms with Crippen LogP contribution in [0.25, 0.3) is 16.8 Å². The molecule has 1 aromatic carbocycles. The highest BCUT2D eigenvalue weighted by Gasteiger charge is 2.82. The molecule has 3 N–H and O–H groups in total. The van der Waals surface area contributed by atoms with E-state index < -0.39 is 29.4 Å². The zero-order valence-electron chi connectivity index (χ0n) is 16.5. The standard InChI is InChI=1S/C23H18F2N4O2/c1-13-22(31,18-19(28(13)2)23(18,24)25)10-9-14-6-5-7-15(12-14)17-16-8-3-4-11-29(16)21(27-17)20(26)30/h3-8,11-12,18-19,31H,1H2,2H3,(H2,26,30). The molecule has 1 aliphatic heterocycles. The molecule has 3 unspecified atom stereocenters. The Hall–Kier alpha value is -3.70. The Morgan fingerprint density at radius 1 is 1.29 bits per heavy atom. The number of aliphatic hydroxyl groups is 1. The van der Waals surface area contributed by atoms with Gasteiger partial charge >= 0.3 is 0 Å². The van der Waals surface area contributed by atoms with Gasteiger partial charge in [-0.1, -0.05) is 36.6 Å². The molecule has 2 fully saturated rings. The van der Waals surface area contributed by atoms with Gasteiger partial charge in [-0.15, -0.1) is 0 Å². The third-order valence-corrected chi connectivity index (χ3v) is 6.05. The summed E-state index contributed by atoms with van der Waals surface area (Å²) in [6, 6.07) is 11.3. The first-order chi connectivity index (χ1) is 14.7. The number of imidazole rings is 1. The number of halogens is 2. The van der Waals surface area contributed by atoms with Crippen LogP contribution in [0.2, 0.25) is 0 Å². The van der Waals surface area contributed by atoms with Crippen LogP contribution in [0.3, 0.4) is 0 Å². The molecule has 5 rings (SSSR count).